The summed E-state index contributed by atoms with van der Waals surface area (Å²) in [6.45, 7) is 1.85. The number of nitriles is 1. The summed E-state index contributed by atoms with van der Waals surface area (Å²) in [5.41, 5.74) is 1.85. The minimum absolute atomic E-state index is 0.167. The number of amides is 1. The normalized spacial score (nSPS) is 26.7. The van der Waals surface area contributed by atoms with Crippen molar-refractivity contribution in [3.05, 3.63) is 35.4 Å². The molecule has 0 aromatic heterocycles. The fraction of sp³-hybridized carbons (Fsp3) is 0.429. The smallest absolute Gasteiger partial charge is 0.221 e. The molecular formula is C14H15N3O. The van der Waals surface area contributed by atoms with Crippen molar-refractivity contribution in [3.8, 4) is 6.07 Å². The van der Waals surface area contributed by atoms with Gasteiger partial charge in [-0.15, -0.1) is 0 Å². The van der Waals surface area contributed by atoms with Crippen LogP contribution in [-0.2, 0) is 11.3 Å². The van der Waals surface area contributed by atoms with Gasteiger partial charge in [-0.2, -0.15) is 5.26 Å². The van der Waals surface area contributed by atoms with Gasteiger partial charge >= 0.3 is 0 Å². The molecule has 92 valence electrons. The van der Waals surface area contributed by atoms with Crippen molar-refractivity contribution in [2.24, 2.45) is 0 Å². The molecule has 18 heavy (non-hydrogen) atoms. The second-order valence-electron chi connectivity index (χ2n) is 5.02. The summed E-state index contributed by atoms with van der Waals surface area (Å²) in [6, 6.07) is 10.5. The zero-order valence-electron chi connectivity index (χ0n) is 10.1. The van der Waals surface area contributed by atoms with Crippen molar-refractivity contribution in [1.29, 1.82) is 5.26 Å². The Morgan fingerprint density at radius 3 is 3.22 bits per heavy atom. The van der Waals surface area contributed by atoms with Crippen molar-refractivity contribution in [2.45, 2.75) is 31.5 Å². The van der Waals surface area contributed by atoms with Crippen LogP contribution < -0.4 is 5.32 Å². The van der Waals surface area contributed by atoms with Crippen molar-refractivity contribution >= 4 is 5.91 Å². The summed E-state index contributed by atoms with van der Waals surface area (Å²) in [7, 11) is 0. The first-order chi connectivity index (χ1) is 8.76. The summed E-state index contributed by atoms with van der Waals surface area (Å²) in [5.74, 6) is 0.167. The van der Waals surface area contributed by atoms with Crippen molar-refractivity contribution < 1.29 is 4.79 Å². The molecule has 0 bridgehead atoms. The SMILES string of the molecule is N#Cc1cccc(CN2CC[C@H]3NC(=O)C[C@@H]32)c1. The predicted octanol–water partition coefficient (Wildman–Crippen LogP) is 1.02. The lowest BCUT2D eigenvalue weighted by molar-refractivity contribution is -0.119. The molecule has 1 amide bonds. The van der Waals surface area contributed by atoms with E-state index in [1.165, 1.54) is 0 Å². The maximum atomic E-state index is 11.4. The van der Waals surface area contributed by atoms with Gasteiger partial charge in [0.2, 0.25) is 5.91 Å². The van der Waals surface area contributed by atoms with Gasteiger partial charge in [0.25, 0.3) is 0 Å². The van der Waals surface area contributed by atoms with Gasteiger partial charge in [0.1, 0.15) is 0 Å². The Hall–Kier alpha value is -1.86. The molecule has 2 aliphatic heterocycles. The molecule has 2 atom stereocenters. The molecule has 0 spiro atoms. The monoisotopic (exact) mass is 241 g/mol. The minimum atomic E-state index is 0.167. The van der Waals surface area contributed by atoms with E-state index >= 15 is 0 Å². The summed E-state index contributed by atoms with van der Waals surface area (Å²) >= 11 is 0. The molecule has 0 unspecified atom stereocenters. The number of carbonyl (C=O) groups is 1. The van der Waals surface area contributed by atoms with Crippen LogP contribution >= 0.6 is 0 Å². The standard InChI is InChI=1S/C14H15N3O/c15-8-10-2-1-3-11(6-10)9-17-5-4-12-13(17)7-14(18)16-12/h1-3,6,12-13H,4-5,7,9H2,(H,16,18)/t12-,13+/m1/s1. The molecule has 0 aliphatic carbocycles. The maximum absolute atomic E-state index is 11.4. The fourth-order valence-electron chi connectivity index (χ4n) is 2.98. The lowest BCUT2D eigenvalue weighted by Crippen LogP contribution is -2.33. The Labute approximate surface area is 106 Å². The molecule has 3 rings (SSSR count). The minimum Gasteiger partial charge on any atom is -0.352 e. The van der Waals surface area contributed by atoms with Crippen molar-refractivity contribution in [3.63, 3.8) is 0 Å². The largest absolute Gasteiger partial charge is 0.352 e. The molecule has 0 radical (unpaired) electrons. The Morgan fingerprint density at radius 1 is 1.50 bits per heavy atom. The number of likely N-dealkylation sites (tertiary alicyclic amines) is 1. The van der Waals surface area contributed by atoms with E-state index < -0.39 is 0 Å². The number of nitrogens with one attached hydrogen (secondary N) is 1. The van der Waals surface area contributed by atoms with E-state index in [2.05, 4.69) is 16.3 Å². The van der Waals surface area contributed by atoms with Gasteiger partial charge in [-0.05, 0) is 24.1 Å². The quantitative estimate of drug-likeness (QED) is 0.841. The van der Waals surface area contributed by atoms with E-state index in [-0.39, 0.29) is 5.91 Å². The predicted molar refractivity (Wildman–Crippen MR) is 66.5 cm³/mol. The Morgan fingerprint density at radius 2 is 2.39 bits per heavy atom. The maximum Gasteiger partial charge on any atom is 0.221 e. The first kappa shape index (κ1) is 11.2. The zero-order chi connectivity index (χ0) is 12.5. The highest BCUT2D eigenvalue weighted by Crippen LogP contribution is 2.27. The van der Waals surface area contributed by atoms with Crippen LogP contribution in [0.3, 0.4) is 0 Å². The van der Waals surface area contributed by atoms with Crippen LogP contribution in [0.5, 0.6) is 0 Å². The number of nitrogens with zero attached hydrogens (tertiary/aromatic N) is 2. The lowest BCUT2D eigenvalue weighted by atomic mass is 10.1. The Bertz CT molecular complexity index is 520. The molecule has 2 heterocycles. The molecule has 4 nitrogen and oxygen atoms in total. The Kier molecular flexibility index (Phi) is 2.77. The van der Waals surface area contributed by atoms with E-state index in [0.29, 0.717) is 24.1 Å². The number of carbonyl (C=O) groups excluding carboxylic acids is 1. The first-order valence-electron chi connectivity index (χ1n) is 6.29. The van der Waals surface area contributed by atoms with Gasteiger partial charge in [0, 0.05) is 31.6 Å². The molecule has 2 fully saturated rings. The fourth-order valence-corrected chi connectivity index (χ4v) is 2.98. The number of benzene rings is 1. The molecule has 4 heteroatoms. The summed E-state index contributed by atoms with van der Waals surface area (Å²) in [6.07, 6.45) is 1.65. The first-order valence-corrected chi connectivity index (χ1v) is 6.29. The average molecular weight is 241 g/mol. The third-order valence-electron chi connectivity index (χ3n) is 3.84. The van der Waals surface area contributed by atoms with Gasteiger partial charge < -0.3 is 5.32 Å². The number of fused-ring (bicyclic) bond motifs is 1. The van der Waals surface area contributed by atoms with Gasteiger partial charge in [-0.1, -0.05) is 12.1 Å². The van der Waals surface area contributed by atoms with Crippen LogP contribution in [0.4, 0.5) is 0 Å². The molecule has 2 aliphatic rings. The second-order valence-corrected chi connectivity index (χ2v) is 5.02. The number of rotatable bonds is 2. The van der Waals surface area contributed by atoms with Crippen molar-refractivity contribution in [1.82, 2.24) is 10.2 Å². The molecule has 0 saturated carbocycles. The zero-order valence-corrected chi connectivity index (χ0v) is 10.1. The molecule has 1 aromatic rings. The molecular weight excluding hydrogens is 226 g/mol. The summed E-state index contributed by atoms with van der Waals surface area (Å²) in [5, 5.41) is 11.9. The van der Waals surface area contributed by atoms with Crippen LogP contribution in [0.25, 0.3) is 0 Å². The van der Waals surface area contributed by atoms with Gasteiger partial charge in [0.05, 0.1) is 11.6 Å². The van der Waals surface area contributed by atoms with Crippen molar-refractivity contribution in [2.75, 3.05) is 6.54 Å². The number of hydrogen-bond acceptors (Lipinski definition) is 3. The summed E-state index contributed by atoms with van der Waals surface area (Å²) in [4.78, 5) is 13.7. The number of hydrogen-bond donors (Lipinski definition) is 1. The van der Waals surface area contributed by atoms with E-state index in [1.807, 2.05) is 24.3 Å². The lowest BCUT2D eigenvalue weighted by Gasteiger charge is -2.22. The molecule has 1 aromatic carbocycles. The van der Waals surface area contributed by atoms with E-state index in [0.717, 1.165) is 25.1 Å². The highest BCUT2D eigenvalue weighted by Gasteiger charge is 2.40. The summed E-state index contributed by atoms with van der Waals surface area (Å²) < 4.78 is 0. The van der Waals surface area contributed by atoms with E-state index in [4.69, 9.17) is 5.26 Å². The van der Waals surface area contributed by atoms with Crippen LogP contribution in [0, 0.1) is 11.3 Å². The second kappa shape index (κ2) is 4.43. The molecule has 1 N–H and O–H groups in total. The van der Waals surface area contributed by atoms with Crippen LogP contribution in [0.15, 0.2) is 24.3 Å². The molecule has 2 saturated heterocycles. The third-order valence-corrected chi connectivity index (χ3v) is 3.84. The van der Waals surface area contributed by atoms with Crippen LogP contribution in [0.2, 0.25) is 0 Å². The topological polar surface area (TPSA) is 56.1 Å². The third kappa shape index (κ3) is 1.98. The van der Waals surface area contributed by atoms with Gasteiger partial charge in [-0.3, -0.25) is 9.69 Å². The van der Waals surface area contributed by atoms with E-state index in [9.17, 15) is 4.79 Å². The van der Waals surface area contributed by atoms with Gasteiger partial charge in [-0.25, -0.2) is 0 Å². The highest BCUT2D eigenvalue weighted by atomic mass is 16.2. The van der Waals surface area contributed by atoms with Crippen LogP contribution in [0.1, 0.15) is 24.0 Å². The van der Waals surface area contributed by atoms with Gasteiger partial charge in [0.15, 0.2) is 0 Å². The highest BCUT2D eigenvalue weighted by molar-refractivity contribution is 5.80. The Balaban J connectivity index is 1.73. The van der Waals surface area contributed by atoms with E-state index in [1.54, 1.807) is 0 Å². The van der Waals surface area contributed by atoms with Crippen LogP contribution in [-0.4, -0.2) is 29.4 Å². The average Bonchev–Trinajstić information content (AvgIpc) is 2.90.